The highest BCUT2D eigenvalue weighted by molar-refractivity contribution is 5.84. The van der Waals surface area contributed by atoms with E-state index in [2.05, 4.69) is 11.4 Å². The highest BCUT2D eigenvalue weighted by atomic mass is 16.5. The molecule has 1 fully saturated rings. The molecule has 23 heavy (non-hydrogen) atoms. The van der Waals surface area contributed by atoms with Gasteiger partial charge in [0.1, 0.15) is 5.75 Å². The molecule has 2 aromatic rings. The van der Waals surface area contributed by atoms with Gasteiger partial charge in [-0.3, -0.25) is 4.79 Å². The first kappa shape index (κ1) is 15.8. The first-order valence-corrected chi connectivity index (χ1v) is 8.18. The zero-order valence-corrected chi connectivity index (χ0v) is 13.5. The summed E-state index contributed by atoms with van der Waals surface area (Å²) in [4.78, 5) is 12.0. The Balaban J connectivity index is 1.48. The van der Waals surface area contributed by atoms with Crippen LogP contribution in [0.5, 0.6) is 5.75 Å². The van der Waals surface area contributed by atoms with Crippen LogP contribution in [0.3, 0.4) is 0 Å². The molecule has 1 aliphatic carbocycles. The van der Waals surface area contributed by atoms with Crippen LogP contribution in [-0.2, 0) is 9.53 Å². The molecule has 0 radical (unpaired) electrons. The SMILES string of the molecule is COC1CCC(NC(=O)COc2ccc3ccccc3c2)CC1. The van der Waals surface area contributed by atoms with E-state index in [4.69, 9.17) is 9.47 Å². The summed E-state index contributed by atoms with van der Waals surface area (Å²) in [6, 6.07) is 14.2. The quantitative estimate of drug-likeness (QED) is 0.921. The molecule has 0 aromatic heterocycles. The van der Waals surface area contributed by atoms with E-state index >= 15 is 0 Å². The summed E-state index contributed by atoms with van der Waals surface area (Å²) < 4.78 is 11.0. The first-order valence-electron chi connectivity index (χ1n) is 8.18. The van der Waals surface area contributed by atoms with E-state index in [9.17, 15) is 4.79 Å². The van der Waals surface area contributed by atoms with Gasteiger partial charge in [0.05, 0.1) is 6.10 Å². The molecule has 1 aliphatic rings. The van der Waals surface area contributed by atoms with Gasteiger partial charge in [-0.15, -0.1) is 0 Å². The van der Waals surface area contributed by atoms with E-state index in [0.717, 1.165) is 36.8 Å². The van der Waals surface area contributed by atoms with Gasteiger partial charge in [0, 0.05) is 13.2 Å². The zero-order valence-electron chi connectivity index (χ0n) is 13.5. The molecule has 0 spiro atoms. The summed E-state index contributed by atoms with van der Waals surface area (Å²) in [5.74, 6) is 0.668. The molecule has 1 saturated carbocycles. The van der Waals surface area contributed by atoms with E-state index in [1.165, 1.54) is 5.39 Å². The third-order valence-electron chi connectivity index (χ3n) is 4.46. The number of carbonyl (C=O) groups excluding carboxylic acids is 1. The molecule has 2 aromatic carbocycles. The Morgan fingerprint density at radius 3 is 2.57 bits per heavy atom. The topological polar surface area (TPSA) is 47.6 Å². The predicted octanol–water partition coefficient (Wildman–Crippen LogP) is 3.29. The van der Waals surface area contributed by atoms with Gasteiger partial charge in [0.2, 0.25) is 0 Å². The number of nitrogens with one attached hydrogen (secondary N) is 1. The summed E-state index contributed by atoms with van der Waals surface area (Å²) in [6.07, 6.45) is 4.30. The fourth-order valence-electron chi connectivity index (χ4n) is 3.12. The summed E-state index contributed by atoms with van der Waals surface area (Å²) >= 11 is 0. The molecule has 1 amide bonds. The fourth-order valence-corrected chi connectivity index (χ4v) is 3.12. The lowest BCUT2D eigenvalue weighted by molar-refractivity contribution is -0.124. The number of benzene rings is 2. The second kappa shape index (κ2) is 7.47. The molecule has 0 bridgehead atoms. The maximum absolute atomic E-state index is 12.0. The van der Waals surface area contributed by atoms with Crippen molar-refractivity contribution in [2.24, 2.45) is 0 Å². The molecule has 4 heteroatoms. The van der Waals surface area contributed by atoms with Crippen LogP contribution >= 0.6 is 0 Å². The number of amides is 1. The van der Waals surface area contributed by atoms with Crippen molar-refractivity contribution in [3.05, 3.63) is 42.5 Å². The zero-order chi connectivity index (χ0) is 16.1. The van der Waals surface area contributed by atoms with E-state index in [-0.39, 0.29) is 18.6 Å². The predicted molar refractivity (Wildman–Crippen MR) is 90.6 cm³/mol. The molecule has 0 unspecified atom stereocenters. The van der Waals surface area contributed by atoms with Crippen molar-refractivity contribution in [3.8, 4) is 5.75 Å². The van der Waals surface area contributed by atoms with Gasteiger partial charge in [-0.25, -0.2) is 0 Å². The van der Waals surface area contributed by atoms with Crippen LogP contribution in [0.15, 0.2) is 42.5 Å². The minimum absolute atomic E-state index is 0.0565. The lowest BCUT2D eigenvalue weighted by Gasteiger charge is -2.28. The van der Waals surface area contributed by atoms with Gasteiger partial charge >= 0.3 is 0 Å². The third-order valence-corrected chi connectivity index (χ3v) is 4.46. The number of hydrogen-bond donors (Lipinski definition) is 1. The van der Waals surface area contributed by atoms with E-state index in [0.29, 0.717) is 6.10 Å². The highest BCUT2D eigenvalue weighted by Crippen LogP contribution is 2.21. The van der Waals surface area contributed by atoms with Crippen LogP contribution in [0.2, 0.25) is 0 Å². The Morgan fingerprint density at radius 1 is 1.09 bits per heavy atom. The standard InChI is InChI=1S/C19H23NO3/c1-22-17-10-7-16(8-11-17)20-19(21)13-23-18-9-6-14-4-2-3-5-15(14)12-18/h2-6,9,12,16-17H,7-8,10-11,13H2,1H3,(H,20,21). The van der Waals surface area contributed by atoms with Crippen molar-refractivity contribution < 1.29 is 14.3 Å². The number of carbonyl (C=O) groups is 1. The van der Waals surface area contributed by atoms with Crippen LogP contribution in [-0.4, -0.2) is 31.8 Å². The first-order chi connectivity index (χ1) is 11.2. The smallest absolute Gasteiger partial charge is 0.258 e. The lowest BCUT2D eigenvalue weighted by atomic mass is 9.93. The van der Waals surface area contributed by atoms with Crippen LogP contribution in [0.1, 0.15) is 25.7 Å². The Morgan fingerprint density at radius 2 is 1.83 bits per heavy atom. The summed E-state index contributed by atoms with van der Waals surface area (Å²) in [7, 11) is 1.75. The summed E-state index contributed by atoms with van der Waals surface area (Å²) in [6.45, 7) is 0.0581. The lowest BCUT2D eigenvalue weighted by Crippen LogP contribution is -2.41. The largest absolute Gasteiger partial charge is 0.484 e. The Kier molecular flexibility index (Phi) is 5.13. The summed E-state index contributed by atoms with van der Waals surface area (Å²) in [5, 5.41) is 5.33. The van der Waals surface area contributed by atoms with Crippen LogP contribution in [0.4, 0.5) is 0 Å². The molecular formula is C19H23NO3. The molecule has 4 nitrogen and oxygen atoms in total. The minimum Gasteiger partial charge on any atom is -0.484 e. The van der Waals surface area contributed by atoms with Crippen molar-refractivity contribution in [1.82, 2.24) is 5.32 Å². The van der Waals surface area contributed by atoms with Crippen molar-refractivity contribution in [2.45, 2.75) is 37.8 Å². The molecule has 0 aliphatic heterocycles. The van der Waals surface area contributed by atoms with Crippen LogP contribution in [0.25, 0.3) is 10.8 Å². The van der Waals surface area contributed by atoms with Gasteiger partial charge in [0.15, 0.2) is 6.61 Å². The summed E-state index contributed by atoms with van der Waals surface area (Å²) in [5.41, 5.74) is 0. The molecule has 0 saturated heterocycles. The van der Waals surface area contributed by atoms with Gasteiger partial charge in [-0.05, 0) is 48.6 Å². The van der Waals surface area contributed by atoms with Gasteiger partial charge in [-0.2, -0.15) is 0 Å². The Hall–Kier alpha value is -2.07. The van der Waals surface area contributed by atoms with Gasteiger partial charge in [-0.1, -0.05) is 30.3 Å². The van der Waals surface area contributed by atoms with Crippen molar-refractivity contribution >= 4 is 16.7 Å². The third kappa shape index (κ3) is 4.23. The Labute approximate surface area is 136 Å². The number of ether oxygens (including phenoxy) is 2. The average molecular weight is 313 g/mol. The molecule has 1 N–H and O–H groups in total. The number of fused-ring (bicyclic) bond motifs is 1. The molecular weight excluding hydrogens is 290 g/mol. The monoisotopic (exact) mass is 313 g/mol. The maximum Gasteiger partial charge on any atom is 0.258 e. The minimum atomic E-state index is -0.0565. The average Bonchev–Trinajstić information content (AvgIpc) is 2.60. The second-order valence-electron chi connectivity index (χ2n) is 6.07. The van der Waals surface area contributed by atoms with Gasteiger partial charge in [0.25, 0.3) is 5.91 Å². The van der Waals surface area contributed by atoms with Crippen molar-refractivity contribution in [2.75, 3.05) is 13.7 Å². The molecule has 0 heterocycles. The normalized spacial score (nSPS) is 21.1. The molecule has 0 atom stereocenters. The highest BCUT2D eigenvalue weighted by Gasteiger charge is 2.22. The fraction of sp³-hybridized carbons (Fsp3) is 0.421. The van der Waals surface area contributed by atoms with Crippen molar-refractivity contribution in [1.29, 1.82) is 0 Å². The van der Waals surface area contributed by atoms with Gasteiger partial charge < -0.3 is 14.8 Å². The van der Waals surface area contributed by atoms with E-state index in [1.54, 1.807) is 7.11 Å². The van der Waals surface area contributed by atoms with E-state index < -0.39 is 0 Å². The maximum atomic E-state index is 12.0. The van der Waals surface area contributed by atoms with E-state index in [1.807, 2.05) is 36.4 Å². The van der Waals surface area contributed by atoms with Crippen LogP contribution < -0.4 is 10.1 Å². The molecule has 3 rings (SSSR count). The molecule has 122 valence electrons. The van der Waals surface area contributed by atoms with Crippen molar-refractivity contribution in [3.63, 3.8) is 0 Å². The number of methoxy groups -OCH3 is 1. The Bertz CT molecular complexity index is 662. The van der Waals surface area contributed by atoms with Crippen LogP contribution in [0, 0.1) is 0 Å². The number of hydrogen-bond acceptors (Lipinski definition) is 3. The number of rotatable bonds is 5. The second-order valence-corrected chi connectivity index (χ2v) is 6.07.